The highest BCUT2D eigenvalue weighted by Gasteiger charge is 2.31. The Hall–Kier alpha value is -1.43. The van der Waals surface area contributed by atoms with Gasteiger partial charge in [0.15, 0.2) is 0 Å². The first-order valence-corrected chi connectivity index (χ1v) is 3.84. The average molecular weight is 186 g/mol. The lowest BCUT2D eigenvalue weighted by atomic mass is 10.3. The van der Waals surface area contributed by atoms with Crippen molar-refractivity contribution in [2.45, 2.75) is 18.9 Å². The van der Waals surface area contributed by atoms with Gasteiger partial charge in [-0.2, -0.15) is 0 Å². The molecule has 0 saturated carbocycles. The van der Waals surface area contributed by atoms with Crippen molar-refractivity contribution < 1.29 is 19.5 Å². The van der Waals surface area contributed by atoms with Crippen molar-refractivity contribution in [3.8, 4) is 0 Å². The number of hydrogen-bond acceptors (Lipinski definition) is 4. The summed E-state index contributed by atoms with van der Waals surface area (Å²) in [6.07, 6.45) is 0.316. The molecule has 2 amide bonds. The third-order valence-corrected chi connectivity index (χ3v) is 1.85. The van der Waals surface area contributed by atoms with E-state index in [0.717, 1.165) is 4.90 Å². The molecule has 1 fully saturated rings. The first-order chi connectivity index (χ1) is 6.02. The highest BCUT2D eigenvalue weighted by Crippen LogP contribution is 2.11. The molecule has 1 saturated heterocycles. The third-order valence-electron chi connectivity index (χ3n) is 1.85. The molecule has 0 spiro atoms. The fourth-order valence-electron chi connectivity index (χ4n) is 1.10. The van der Waals surface area contributed by atoms with Crippen LogP contribution in [0.5, 0.6) is 0 Å². The summed E-state index contributed by atoms with van der Waals surface area (Å²) < 4.78 is 0. The van der Waals surface area contributed by atoms with Crippen LogP contribution in [-0.2, 0) is 14.4 Å². The lowest BCUT2D eigenvalue weighted by Crippen LogP contribution is -2.44. The zero-order chi connectivity index (χ0) is 10.0. The molecule has 1 aliphatic rings. The predicted octanol–water partition coefficient (Wildman–Crippen LogP) is -1.45. The fourth-order valence-corrected chi connectivity index (χ4v) is 1.10. The molecular weight excluding hydrogens is 176 g/mol. The van der Waals surface area contributed by atoms with E-state index in [4.69, 9.17) is 10.8 Å². The molecule has 0 aliphatic carbocycles. The van der Waals surface area contributed by atoms with Crippen molar-refractivity contribution in [1.82, 2.24) is 4.90 Å². The molecule has 13 heavy (non-hydrogen) atoms. The number of rotatable bonds is 3. The number of amides is 2. The van der Waals surface area contributed by atoms with E-state index in [-0.39, 0.29) is 31.2 Å². The van der Waals surface area contributed by atoms with Gasteiger partial charge in [0, 0.05) is 12.8 Å². The van der Waals surface area contributed by atoms with Gasteiger partial charge in [0.25, 0.3) is 0 Å². The van der Waals surface area contributed by atoms with E-state index in [1.54, 1.807) is 0 Å². The monoisotopic (exact) mass is 186 g/mol. The van der Waals surface area contributed by atoms with Crippen molar-refractivity contribution in [3.05, 3.63) is 0 Å². The van der Waals surface area contributed by atoms with Crippen molar-refractivity contribution in [1.29, 1.82) is 0 Å². The van der Waals surface area contributed by atoms with E-state index >= 15 is 0 Å². The molecule has 72 valence electrons. The van der Waals surface area contributed by atoms with Gasteiger partial charge in [-0.1, -0.05) is 0 Å². The van der Waals surface area contributed by atoms with Crippen molar-refractivity contribution >= 4 is 17.8 Å². The molecule has 6 heteroatoms. The van der Waals surface area contributed by atoms with Gasteiger partial charge in [0.05, 0.1) is 6.54 Å². The van der Waals surface area contributed by atoms with Gasteiger partial charge in [-0.15, -0.1) is 0 Å². The summed E-state index contributed by atoms with van der Waals surface area (Å²) in [5, 5.41) is 8.44. The van der Waals surface area contributed by atoms with Crippen LogP contribution < -0.4 is 5.73 Å². The van der Waals surface area contributed by atoms with Gasteiger partial charge in [-0.25, -0.2) is 0 Å². The summed E-state index contributed by atoms with van der Waals surface area (Å²) in [4.78, 5) is 33.2. The van der Waals surface area contributed by atoms with Crippen LogP contribution in [0.4, 0.5) is 0 Å². The van der Waals surface area contributed by atoms with Crippen molar-refractivity contribution in [2.24, 2.45) is 5.73 Å². The van der Waals surface area contributed by atoms with Crippen LogP contribution in [0, 0.1) is 0 Å². The zero-order valence-corrected chi connectivity index (χ0v) is 6.90. The number of imide groups is 1. The Kier molecular flexibility index (Phi) is 2.62. The van der Waals surface area contributed by atoms with Crippen LogP contribution >= 0.6 is 0 Å². The minimum Gasteiger partial charge on any atom is -0.480 e. The number of likely N-dealkylation sites (tertiary alicyclic amines) is 1. The maximum Gasteiger partial charge on any atom is 0.322 e. The Labute approximate surface area is 74.3 Å². The number of carbonyl (C=O) groups excluding carboxylic acids is 2. The molecule has 0 radical (unpaired) electrons. The van der Waals surface area contributed by atoms with Crippen LogP contribution in [0.3, 0.4) is 0 Å². The SMILES string of the molecule is N[C@@H](CN1C(=O)CCC1=O)C(=O)O. The van der Waals surface area contributed by atoms with Crippen LogP contribution in [0.15, 0.2) is 0 Å². The standard InChI is InChI=1S/C7H10N2O4/c8-4(7(12)13)3-9-5(10)1-2-6(9)11/h4H,1-3,8H2,(H,12,13)/t4-/m0/s1. The van der Waals surface area contributed by atoms with E-state index < -0.39 is 12.0 Å². The van der Waals surface area contributed by atoms with Gasteiger partial charge >= 0.3 is 5.97 Å². The van der Waals surface area contributed by atoms with Crippen molar-refractivity contribution in [2.75, 3.05) is 6.54 Å². The molecular formula is C7H10N2O4. The number of nitrogens with two attached hydrogens (primary N) is 1. The Morgan fingerprint density at radius 1 is 1.46 bits per heavy atom. The van der Waals surface area contributed by atoms with Crippen LogP contribution in [0.2, 0.25) is 0 Å². The number of carbonyl (C=O) groups is 3. The van der Waals surface area contributed by atoms with Crippen molar-refractivity contribution in [3.63, 3.8) is 0 Å². The fraction of sp³-hybridized carbons (Fsp3) is 0.571. The minimum absolute atomic E-state index is 0.158. The zero-order valence-electron chi connectivity index (χ0n) is 6.90. The lowest BCUT2D eigenvalue weighted by molar-refractivity contribution is -0.142. The van der Waals surface area contributed by atoms with E-state index in [2.05, 4.69) is 0 Å². The second-order valence-corrected chi connectivity index (χ2v) is 2.84. The molecule has 6 nitrogen and oxygen atoms in total. The second-order valence-electron chi connectivity index (χ2n) is 2.84. The lowest BCUT2D eigenvalue weighted by Gasteiger charge is -2.15. The number of aliphatic carboxylic acids is 1. The number of carboxylic acid groups (broad SMARTS) is 1. The Morgan fingerprint density at radius 2 is 1.92 bits per heavy atom. The second kappa shape index (κ2) is 3.53. The summed E-state index contributed by atoms with van der Waals surface area (Å²) >= 11 is 0. The Balaban J connectivity index is 2.57. The Morgan fingerprint density at radius 3 is 2.31 bits per heavy atom. The molecule has 0 aromatic rings. The van der Waals surface area contributed by atoms with Gasteiger partial charge < -0.3 is 10.8 Å². The average Bonchev–Trinajstić information content (AvgIpc) is 2.35. The Bertz CT molecular complexity index is 247. The first kappa shape index (κ1) is 9.66. The van der Waals surface area contributed by atoms with E-state index in [0.29, 0.717) is 0 Å². The molecule has 0 unspecified atom stereocenters. The summed E-state index contributed by atoms with van der Waals surface area (Å²) in [6, 6.07) is -1.19. The quantitative estimate of drug-likeness (QED) is 0.525. The smallest absolute Gasteiger partial charge is 0.322 e. The third kappa shape index (κ3) is 2.03. The summed E-state index contributed by atoms with van der Waals surface area (Å²) in [7, 11) is 0. The number of nitrogens with zero attached hydrogens (tertiary/aromatic N) is 1. The topological polar surface area (TPSA) is 101 Å². The number of hydrogen-bond donors (Lipinski definition) is 2. The number of carboxylic acids is 1. The highest BCUT2D eigenvalue weighted by atomic mass is 16.4. The van der Waals surface area contributed by atoms with Gasteiger partial charge in [-0.3, -0.25) is 19.3 Å². The summed E-state index contributed by atoms with van der Waals surface area (Å²) in [5.41, 5.74) is 5.18. The molecule has 1 atom stereocenters. The summed E-state index contributed by atoms with van der Waals surface area (Å²) in [6.45, 7) is -0.229. The summed E-state index contributed by atoms with van der Waals surface area (Å²) in [5.74, 6) is -1.91. The molecule has 1 rings (SSSR count). The molecule has 0 bridgehead atoms. The van der Waals surface area contributed by atoms with E-state index in [1.165, 1.54) is 0 Å². The normalized spacial score (nSPS) is 19.3. The minimum atomic E-state index is -1.22. The van der Waals surface area contributed by atoms with Crippen LogP contribution in [0.25, 0.3) is 0 Å². The van der Waals surface area contributed by atoms with Crippen LogP contribution in [-0.4, -0.2) is 40.4 Å². The predicted molar refractivity (Wildman–Crippen MR) is 41.6 cm³/mol. The molecule has 0 aromatic heterocycles. The largest absolute Gasteiger partial charge is 0.480 e. The maximum absolute atomic E-state index is 11.0. The molecule has 3 N–H and O–H groups in total. The van der Waals surface area contributed by atoms with Crippen LogP contribution in [0.1, 0.15) is 12.8 Å². The highest BCUT2D eigenvalue weighted by molar-refractivity contribution is 6.02. The van der Waals surface area contributed by atoms with E-state index in [9.17, 15) is 14.4 Å². The first-order valence-electron chi connectivity index (χ1n) is 3.84. The molecule has 1 heterocycles. The van der Waals surface area contributed by atoms with Gasteiger partial charge in [-0.05, 0) is 0 Å². The van der Waals surface area contributed by atoms with Gasteiger partial charge in [0.2, 0.25) is 11.8 Å². The van der Waals surface area contributed by atoms with E-state index in [1.807, 2.05) is 0 Å². The van der Waals surface area contributed by atoms with Gasteiger partial charge in [0.1, 0.15) is 6.04 Å². The molecule has 0 aromatic carbocycles. The maximum atomic E-state index is 11.0. The molecule has 1 aliphatic heterocycles.